The molecule has 0 N–H and O–H groups in total. The smallest absolute Gasteiger partial charge is 0.227 e. The molecule has 0 unspecified atom stereocenters. The fourth-order valence-electron chi connectivity index (χ4n) is 4.06. The number of carbonyl (C=O) groups is 2. The van der Waals surface area contributed by atoms with Crippen LogP contribution in [-0.2, 0) is 16.0 Å². The number of carbonyl (C=O) groups excluding carboxylic acids is 2. The van der Waals surface area contributed by atoms with Gasteiger partial charge in [0, 0.05) is 38.2 Å². The van der Waals surface area contributed by atoms with E-state index in [2.05, 4.69) is 6.07 Å². The monoisotopic (exact) mass is 421 g/mol. The molecular weight excluding hydrogens is 393 g/mol. The van der Waals surface area contributed by atoms with E-state index in [0.717, 1.165) is 30.5 Å². The van der Waals surface area contributed by atoms with Gasteiger partial charge in [-0.1, -0.05) is 30.3 Å². The molecule has 5 nitrogen and oxygen atoms in total. The first kappa shape index (κ1) is 22.5. The maximum absolute atomic E-state index is 13.4. The molecule has 0 radical (unpaired) electrons. The maximum atomic E-state index is 13.4. The summed E-state index contributed by atoms with van der Waals surface area (Å²) in [6, 6.07) is 18.0. The minimum absolute atomic E-state index is 0.00847. The van der Waals surface area contributed by atoms with Crippen LogP contribution in [0.15, 0.2) is 54.6 Å². The van der Waals surface area contributed by atoms with Crippen LogP contribution in [0.3, 0.4) is 0 Å². The summed E-state index contributed by atoms with van der Waals surface area (Å²) in [4.78, 5) is 28.8. The van der Waals surface area contributed by atoms with Crippen molar-refractivity contribution in [1.29, 1.82) is 5.26 Å². The van der Waals surface area contributed by atoms with Crippen LogP contribution in [0.2, 0.25) is 0 Å². The number of nitriles is 1. The number of halogens is 1. The third-order valence-electron chi connectivity index (χ3n) is 5.75. The Hall–Kier alpha value is -3.20. The molecule has 1 aliphatic heterocycles. The van der Waals surface area contributed by atoms with Gasteiger partial charge in [-0.3, -0.25) is 9.59 Å². The summed E-state index contributed by atoms with van der Waals surface area (Å²) in [6.45, 7) is 1.66. The van der Waals surface area contributed by atoms with Gasteiger partial charge in [0.1, 0.15) is 5.82 Å². The van der Waals surface area contributed by atoms with Crippen molar-refractivity contribution in [2.45, 2.75) is 38.5 Å². The summed E-state index contributed by atoms with van der Waals surface area (Å²) in [7, 11) is 0. The SMILES string of the molecule is N#CCCN(C(=O)CCC(=O)N1CCC(Cc2cccc(F)c2)CC1)c1ccccc1. The Labute approximate surface area is 183 Å². The summed E-state index contributed by atoms with van der Waals surface area (Å²) in [5.74, 6) is 0.0720. The topological polar surface area (TPSA) is 64.4 Å². The predicted octanol–water partition coefficient (Wildman–Crippen LogP) is 4.33. The molecule has 0 spiro atoms. The Kier molecular flexibility index (Phi) is 8.17. The number of benzene rings is 2. The van der Waals surface area contributed by atoms with Crippen molar-refractivity contribution < 1.29 is 14.0 Å². The first-order valence-corrected chi connectivity index (χ1v) is 10.8. The second-order valence-electron chi connectivity index (χ2n) is 7.95. The Morgan fingerprint density at radius 2 is 1.81 bits per heavy atom. The lowest BCUT2D eigenvalue weighted by Crippen LogP contribution is -2.39. The van der Waals surface area contributed by atoms with Gasteiger partial charge in [0.25, 0.3) is 0 Å². The molecule has 1 saturated heterocycles. The van der Waals surface area contributed by atoms with Gasteiger partial charge in [0.2, 0.25) is 11.8 Å². The molecule has 2 amide bonds. The lowest BCUT2D eigenvalue weighted by Gasteiger charge is -2.32. The molecular formula is C25H28FN3O2. The second-order valence-corrected chi connectivity index (χ2v) is 7.95. The van der Waals surface area contributed by atoms with Crippen LogP contribution in [0.1, 0.15) is 37.7 Å². The van der Waals surface area contributed by atoms with Crippen LogP contribution in [0, 0.1) is 23.1 Å². The first-order chi connectivity index (χ1) is 15.1. The number of anilines is 1. The summed E-state index contributed by atoms with van der Waals surface area (Å²) < 4.78 is 13.4. The normalized spacial score (nSPS) is 14.1. The molecule has 162 valence electrons. The van der Waals surface area contributed by atoms with E-state index in [0.29, 0.717) is 25.6 Å². The second kappa shape index (κ2) is 11.3. The molecule has 2 aromatic rings. The summed E-state index contributed by atoms with van der Waals surface area (Å²) in [5.41, 5.74) is 1.74. The van der Waals surface area contributed by atoms with Crippen LogP contribution >= 0.6 is 0 Å². The highest BCUT2D eigenvalue weighted by Gasteiger charge is 2.24. The highest BCUT2D eigenvalue weighted by atomic mass is 19.1. The minimum atomic E-state index is -0.214. The molecule has 0 atom stereocenters. The van der Waals surface area contributed by atoms with Crippen molar-refractivity contribution >= 4 is 17.5 Å². The minimum Gasteiger partial charge on any atom is -0.343 e. The van der Waals surface area contributed by atoms with Crippen molar-refractivity contribution in [2.24, 2.45) is 5.92 Å². The maximum Gasteiger partial charge on any atom is 0.227 e. The molecule has 0 saturated carbocycles. The number of para-hydroxylation sites is 1. The Balaban J connectivity index is 1.47. The highest BCUT2D eigenvalue weighted by Crippen LogP contribution is 2.23. The van der Waals surface area contributed by atoms with E-state index in [-0.39, 0.29) is 36.9 Å². The lowest BCUT2D eigenvalue weighted by atomic mass is 9.90. The largest absolute Gasteiger partial charge is 0.343 e. The van der Waals surface area contributed by atoms with Crippen molar-refractivity contribution in [2.75, 3.05) is 24.5 Å². The van der Waals surface area contributed by atoms with Crippen LogP contribution < -0.4 is 4.90 Å². The van der Waals surface area contributed by atoms with E-state index in [1.807, 2.05) is 41.3 Å². The zero-order valence-electron chi connectivity index (χ0n) is 17.7. The zero-order chi connectivity index (χ0) is 22.1. The number of amides is 2. The number of hydrogen-bond donors (Lipinski definition) is 0. The van der Waals surface area contributed by atoms with Gasteiger partial charge in [0.05, 0.1) is 12.5 Å². The number of piperidine rings is 1. The average molecular weight is 422 g/mol. The summed E-state index contributed by atoms with van der Waals surface area (Å²) in [6.07, 6.45) is 3.13. The summed E-state index contributed by atoms with van der Waals surface area (Å²) in [5, 5.41) is 8.89. The molecule has 3 rings (SSSR count). The van der Waals surface area contributed by atoms with Gasteiger partial charge in [0.15, 0.2) is 0 Å². The quantitative estimate of drug-likeness (QED) is 0.637. The van der Waals surface area contributed by atoms with Gasteiger partial charge in [-0.2, -0.15) is 5.26 Å². The van der Waals surface area contributed by atoms with E-state index in [1.165, 1.54) is 6.07 Å². The number of likely N-dealkylation sites (tertiary alicyclic amines) is 1. The molecule has 31 heavy (non-hydrogen) atoms. The van der Waals surface area contributed by atoms with Gasteiger partial charge in [-0.15, -0.1) is 0 Å². The fraction of sp³-hybridized carbons (Fsp3) is 0.400. The molecule has 1 fully saturated rings. The number of hydrogen-bond acceptors (Lipinski definition) is 3. The summed E-state index contributed by atoms with van der Waals surface area (Å²) >= 11 is 0. The molecule has 1 aliphatic rings. The Bertz CT molecular complexity index is 918. The number of rotatable bonds is 8. The van der Waals surface area contributed by atoms with Gasteiger partial charge >= 0.3 is 0 Å². The lowest BCUT2D eigenvalue weighted by molar-refractivity contribution is -0.134. The first-order valence-electron chi connectivity index (χ1n) is 10.8. The van der Waals surface area contributed by atoms with E-state index in [1.54, 1.807) is 17.0 Å². The standard InChI is InChI=1S/C25H28FN3O2/c26-22-7-4-6-21(19-22)18-20-12-16-28(17-13-20)24(30)10-11-25(31)29(15-5-14-27)23-8-2-1-3-9-23/h1-4,6-9,19-20H,5,10-13,15-18H2. The fourth-order valence-corrected chi connectivity index (χ4v) is 4.06. The Morgan fingerprint density at radius 1 is 1.06 bits per heavy atom. The van der Waals surface area contributed by atoms with Gasteiger partial charge in [-0.05, 0) is 55.0 Å². The van der Waals surface area contributed by atoms with E-state index < -0.39 is 0 Å². The molecule has 0 aromatic heterocycles. The van der Waals surface area contributed by atoms with Crippen LogP contribution in [0.5, 0.6) is 0 Å². The van der Waals surface area contributed by atoms with Crippen LogP contribution in [0.4, 0.5) is 10.1 Å². The van der Waals surface area contributed by atoms with Crippen molar-refractivity contribution in [3.8, 4) is 6.07 Å². The molecule has 1 heterocycles. The molecule has 2 aromatic carbocycles. The third kappa shape index (κ3) is 6.65. The van der Waals surface area contributed by atoms with Gasteiger partial charge < -0.3 is 9.80 Å². The molecule has 0 aliphatic carbocycles. The highest BCUT2D eigenvalue weighted by molar-refractivity contribution is 5.95. The van der Waals surface area contributed by atoms with Crippen molar-refractivity contribution in [3.63, 3.8) is 0 Å². The van der Waals surface area contributed by atoms with E-state index >= 15 is 0 Å². The average Bonchev–Trinajstić information content (AvgIpc) is 2.79. The van der Waals surface area contributed by atoms with Crippen molar-refractivity contribution in [1.82, 2.24) is 4.90 Å². The third-order valence-corrected chi connectivity index (χ3v) is 5.75. The predicted molar refractivity (Wildman–Crippen MR) is 118 cm³/mol. The van der Waals surface area contributed by atoms with E-state index in [4.69, 9.17) is 5.26 Å². The molecule has 0 bridgehead atoms. The number of nitrogens with zero attached hydrogens (tertiary/aromatic N) is 3. The van der Waals surface area contributed by atoms with E-state index in [9.17, 15) is 14.0 Å². The Morgan fingerprint density at radius 3 is 2.48 bits per heavy atom. The van der Waals surface area contributed by atoms with Crippen molar-refractivity contribution in [3.05, 3.63) is 66.0 Å². The zero-order valence-corrected chi connectivity index (χ0v) is 17.7. The van der Waals surface area contributed by atoms with Crippen LogP contribution in [0.25, 0.3) is 0 Å². The molecule has 6 heteroatoms. The van der Waals surface area contributed by atoms with Crippen LogP contribution in [-0.4, -0.2) is 36.3 Å². The van der Waals surface area contributed by atoms with Gasteiger partial charge in [-0.25, -0.2) is 4.39 Å².